The number of amides is 1. The molecule has 0 bridgehead atoms. The Balaban J connectivity index is 1.41. The van der Waals surface area contributed by atoms with Crippen molar-refractivity contribution in [1.82, 2.24) is 9.78 Å². The van der Waals surface area contributed by atoms with Gasteiger partial charge in [0.05, 0.1) is 28.6 Å². The first kappa shape index (κ1) is 23.5. The fraction of sp³-hybridized carbons (Fsp3) is 0.185. The fourth-order valence-electron chi connectivity index (χ4n) is 3.61. The lowest BCUT2D eigenvalue weighted by molar-refractivity contribution is 0.102. The first-order valence-electron chi connectivity index (χ1n) is 10.9. The molecule has 1 aromatic heterocycles. The highest BCUT2D eigenvalue weighted by atomic mass is 35.5. The van der Waals surface area contributed by atoms with Crippen LogP contribution in [-0.4, -0.2) is 15.7 Å². The summed E-state index contributed by atoms with van der Waals surface area (Å²) in [5.74, 6) is 0.135. The molecule has 0 atom stereocenters. The number of anilines is 1. The van der Waals surface area contributed by atoms with Crippen LogP contribution in [0.1, 0.15) is 38.4 Å². The minimum atomic E-state index is -0.276. The van der Waals surface area contributed by atoms with E-state index in [2.05, 4.69) is 10.4 Å². The van der Waals surface area contributed by atoms with Gasteiger partial charge in [0.2, 0.25) is 0 Å². The molecule has 174 valence electrons. The van der Waals surface area contributed by atoms with Crippen molar-refractivity contribution in [3.63, 3.8) is 0 Å². The number of benzene rings is 3. The van der Waals surface area contributed by atoms with Crippen molar-refractivity contribution in [3.8, 4) is 5.75 Å². The standard InChI is InChI=1S/C27H25ClFN3O2/c1-17-4-13-24(28)25(14-17)34-16-21-5-9-22(10-6-21)27(33)30-26-18(2)31-32(19(26)3)15-20-7-11-23(29)12-8-20/h4-14H,15-16H2,1-3H3,(H,30,33). The van der Waals surface area contributed by atoms with Crippen LogP contribution in [-0.2, 0) is 13.2 Å². The van der Waals surface area contributed by atoms with Crippen molar-refractivity contribution in [3.05, 3.63) is 111 Å². The van der Waals surface area contributed by atoms with E-state index in [0.717, 1.165) is 22.4 Å². The molecule has 4 aromatic rings. The van der Waals surface area contributed by atoms with Crippen LogP contribution in [0, 0.1) is 26.6 Å². The number of halogens is 2. The van der Waals surface area contributed by atoms with Crippen LogP contribution >= 0.6 is 11.6 Å². The van der Waals surface area contributed by atoms with Crippen LogP contribution in [0.2, 0.25) is 5.02 Å². The van der Waals surface area contributed by atoms with Gasteiger partial charge in [-0.2, -0.15) is 5.10 Å². The molecule has 0 aliphatic rings. The number of carbonyl (C=O) groups excluding carboxylic acids is 1. The summed E-state index contributed by atoms with van der Waals surface area (Å²) in [5, 5.41) is 8.07. The van der Waals surface area contributed by atoms with Gasteiger partial charge in [-0.3, -0.25) is 9.48 Å². The van der Waals surface area contributed by atoms with Gasteiger partial charge in [0.1, 0.15) is 18.2 Å². The van der Waals surface area contributed by atoms with E-state index in [1.807, 2.05) is 51.1 Å². The highest BCUT2D eigenvalue weighted by Crippen LogP contribution is 2.26. The molecule has 34 heavy (non-hydrogen) atoms. The molecule has 0 saturated carbocycles. The molecule has 0 saturated heterocycles. The van der Waals surface area contributed by atoms with E-state index in [4.69, 9.17) is 16.3 Å². The van der Waals surface area contributed by atoms with Crippen molar-refractivity contribution in [2.75, 3.05) is 5.32 Å². The van der Waals surface area contributed by atoms with Crippen LogP contribution in [0.3, 0.4) is 0 Å². The summed E-state index contributed by atoms with van der Waals surface area (Å²) >= 11 is 6.19. The average molecular weight is 478 g/mol. The van der Waals surface area contributed by atoms with E-state index in [0.29, 0.717) is 40.9 Å². The molecule has 0 aliphatic carbocycles. The molecule has 1 amide bonds. The van der Waals surface area contributed by atoms with Gasteiger partial charge in [0, 0.05) is 5.56 Å². The maximum Gasteiger partial charge on any atom is 0.255 e. The number of aryl methyl sites for hydroxylation is 2. The van der Waals surface area contributed by atoms with E-state index >= 15 is 0 Å². The Morgan fingerprint density at radius 3 is 2.38 bits per heavy atom. The number of nitrogens with zero attached hydrogens (tertiary/aromatic N) is 2. The summed E-state index contributed by atoms with van der Waals surface area (Å²) in [4.78, 5) is 12.9. The Kier molecular flexibility index (Phi) is 6.98. The van der Waals surface area contributed by atoms with Crippen LogP contribution in [0.25, 0.3) is 0 Å². The quantitative estimate of drug-likeness (QED) is 0.331. The van der Waals surface area contributed by atoms with Crippen molar-refractivity contribution in [2.45, 2.75) is 33.9 Å². The second-order valence-electron chi connectivity index (χ2n) is 8.20. The molecular weight excluding hydrogens is 453 g/mol. The van der Waals surface area contributed by atoms with Crippen LogP contribution in [0.4, 0.5) is 10.1 Å². The number of hydrogen-bond donors (Lipinski definition) is 1. The molecule has 1 heterocycles. The van der Waals surface area contributed by atoms with Crippen LogP contribution in [0.15, 0.2) is 66.7 Å². The Morgan fingerprint density at radius 2 is 1.68 bits per heavy atom. The highest BCUT2D eigenvalue weighted by molar-refractivity contribution is 6.32. The number of ether oxygens (including phenoxy) is 1. The molecular formula is C27H25ClFN3O2. The minimum absolute atomic E-state index is 0.221. The van der Waals surface area contributed by atoms with Gasteiger partial charge < -0.3 is 10.1 Å². The fourth-order valence-corrected chi connectivity index (χ4v) is 3.79. The normalized spacial score (nSPS) is 10.9. The van der Waals surface area contributed by atoms with Crippen molar-refractivity contribution in [2.24, 2.45) is 0 Å². The predicted octanol–water partition coefficient (Wildman–Crippen LogP) is 6.48. The topological polar surface area (TPSA) is 56.1 Å². The van der Waals surface area contributed by atoms with Crippen molar-refractivity contribution >= 4 is 23.2 Å². The zero-order valence-corrected chi connectivity index (χ0v) is 20.0. The summed E-state index contributed by atoms with van der Waals surface area (Å²) in [6.45, 7) is 6.56. The van der Waals surface area contributed by atoms with Crippen molar-refractivity contribution < 1.29 is 13.9 Å². The van der Waals surface area contributed by atoms with Crippen LogP contribution < -0.4 is 10.1 Å². The smallest absolute Gasteiger partial charge is 0.255 e. The van der Waals surface area contributed by atoms with Gasteiger partial charge in [-0.25, -0.2) is 4.39 Å². The molecule has 1 N–H and O–H groups in total. The zero-order chi connectivity index (χ0) is 24.2. The third-order valence-electron chi connectivity index (χ3n) is 5.56. The monoisotopic (exact) mass is 477 g/mol. The number of hydrogen-bond acceptors (Lipinski definition) is 3. The maximum atomic E-state index is 13.2. The van der Waals surface area contributed by atoms with Gasteiger partial charge in [-0.15, -0.1) is 0 Å². The van der Waals surface area contributed by atoms with Crippen molar-refractivity contribution in [1.29, 1.82) is 0 Å². The second kappa shape index (κ2) is 10.1. The third kappa shape index (κ3) is 5.46. The Hall–Kier alpha value is -3.64. The van der Waals surface area contributed by atoms with E-state index < -0.39 is 0 Å². The van der Waals surface area contributed by atoms with Crippen LogP contribution in [0.5, 0.6) is 5.75 Å². The summed E-state index contributed by atoms with van der Waals surface area (Å²) in [6.07, 6.45) is 0. The maximum absolute atomic E-state index is 13.2. The molecule has 0 aliphatic heterocycles. The first-order valence-corrected chi connectivity index (χ1v) is 11.3. The Bertz CT molecular complexity index is 1320. The summed E-state index contributed by atoms with van der Waals surface area (Å²) < 4.78 is 20.8. The third-order valence-corrected chi connectivity index (χ3v) is 5.88. The van der Waals surface area contributed by atoms with Gasteiger partial charge in [-0.1, -0.05) is 41.9 Å². The lowest BCUT2D eigenvalue weighted by atomic mass is 10.1. The highest BCUT2D eigenvalue weighted by Gasteiger charge is 2.16. The van der Waals surface area contributed by atoms with Gasteiger partial charge in [0.15, 0.2) is 0 Å². The summed E-state index contributed by atoms with van der Waals surface area (Å²) in [5.41, 5.74) is 5.67. The molecule has 7 heteroatoms. The molecule has 0 fully saturated rings. The first-order chi connectivity index (χ1) is 16.3. The molecule has 5 nitrogen and oxygen atoms in total. The number of carbonyl (C=O) groups is 1. The zero-order valence-electron chi connectivity index (χ0n) is 19.2. The lowest BCUT2D eigenvalue weighted by Crippen LogP contribution is -2.13. The van der Waals surface area contributed by atoms with E-state index in [1.165, 1.54) is 12.1 Å². The van der Waals surface area contributed by atoms with E-state index in [9.17, 15) is 9.18 Å². The predicted molar refractivity (Wildman–Crippen MR) is 132 cm³/mol. The molecule has 4 rings (SSSR count). The molecule has 0 radical (unpaired) electrons. The summed E-state index contributed by atoms with van der Waals surface area (Å²) in [6, 6.07) is 19.2. The summed E-state index contributed by atoms with van der Waals surface area (Å²) in [7, 11) is 0. The molecule has 0 unspecified atom stereocenters. The van der Waals surface area contributed by atoms with Gasteiger partial charge in [-0.05, 0) is 73.9 Å². The number of nitrogens with one attached hydrogen (secondary N) is 1. The lowest BCUT2D eigenvalue weighted by Gasteiger charge is -2.10. The number of rotatable bonds is 7. The SMILES string of the molecule is Cc1ccc(Cl)c(OCc2ccc(C(=O)Nc3c(C)nn(Cc4ccc(F)cc4)c3C)cc2)c1. The van der Waals surface area contributed by atoms with E-state index in [-0.39, 0.29) is 11.7 Å². The van der Waals surface area contributed by atoms with E-state index in [1.54, 1.807) is 28.9 Å². The Labute approximate surface area is 203 Å². The molecule has 3 aromatic carbocycles. The number of aromatic nitrogens is 2. The Morgan fingerprint density at radius 1 is 1.00 bits per heavy atom. The largest absolute Gasteiger partial charge is 0.487 e. The molecule has 0 spiro atoms. The van der Waals surface area contributed by atoms with Gasteiger partial charge in [0.25, 0.3) is 5.91 Å². The van der Waals surface area contributed by atoms with Gasteiger partial charge >= 0.3 is 0 Å². The minimum Gasteiger partial charge on any atom is -0.487 e. The second-order valence-corrected chi connectivity index (χ2v) is 8.61. The average Bonchev–Trinajstić information content (AvgIpc) is 3.08.